The second-order valence-corrected chi connectivity index (χ2v) is 5.54. The molecular formula is C14H19FN2O2. The third-order valence-electron chi connectivity index (χ3n) is 3.08. The molecule has 1 unspecified atom stereocenters. The van der Waals surface area contributed by atoms with E-state index in [1.165, 1.54) is 18.2 Å². The molecule has 0 aliphatic carbocycles. The molecule has 0 radical (unpaired) electrons. The van der Waals surface area contributed by atoms with Gasteiger partial charge >= 0.3 is 0 Å². The first kappa shape index (κ1) is 15.1. The van der Waals surface area contributed by atoms with Gasteiger partial charge in [0, 0.05) is 11.5 Å². The van der Waals surface area contributed by atoms with E-state index in [2.05, 4.69) is 10.9 Å². The van der Waals surface area contributed by atoms with Gasteiger partial charge in [-0.25, -0.2) is 4.39 Å². The summed E-state index contributed by atoms with van der Waals surface area (Å²) in [5, 5.41) is 0. The molecule has 0 spiro atoms. The zero-order valence-corrected chi connectivity index (χ0v) is 11.6. The van der Waals surface area contributed by atoms with E-state index in [-0.39, 0.29) is 22.8 Å². The third kappa shape index (κ3) is 4.35. The Hall–Kier alpha value is -1.91. The lowest BCUT2D eigenvalue weighted by atomic mass is 9.82. The van der Waals surface area contributed by atoms with Crippen LogP contribution in [0.2, 0.25) is 0 Å². The fourth-order valence-electron chi connectivity index (χ4n) is 1.32. The van der Waals surface area contributed by atoms with Crippen molar-refractivity contribution in [2.45, 2.75) is 27.7 Å². The molecule has 1 rings (SSSR count). The largest absolute Gasteiger partial charge is 0.273 e. The molecule has 104 valence electrons. The lowest BCUT2D eigenvalue weighted by Crippen LogP contribution is -2.46. The summed E-state index contributed by atoms with van der Waals surface area (Å²) in [6.45, 7) is 7.59. The number of hydrogen-bond donors (Lipinski definition) is 2. The normalized spacial score (nSPS) is 12.7. The number of nitrogens with one attached hydrogen (secondary N) is 2. The first-order valence-electron chi connectivity index (χ1n) is 6.07. The standard InChI is InChI=1S/C14H19FN2O2/c1-9(14(2,3)4)12(18)16-17-13(19)10-6-5-7-11(15)8-10/h5-9H,1-4H3,(H,16,18)(H,17,19). The van der Waals surface area contributed by atoms with Gasteiger partial charge in [0.1, 0.15) is 5.82 Å². The highest BCUT2D eigenvalue weighted by Crippen LogP contribution is 2.24. The number of carbonyl (C=O) groups is 2. The van der Waals surface area contributed by atoms with Crippen LogP contribution < -0.4 is 10.9 Å². The highest BCUT2D eigenvalue weighted by atomic mass is 19.1. The number of hydrogen-bond acceptors (Lipinski definition) is 2. The summed E-state index contributed by atoms with van der Waals surface area (Å²) < 4.78 is 12.9. The van der Waals surface area contributed by atoms with E-state index in [1.807, 2.05) is 20.8 Å². The number of hydrazine groups is 1. The van der Waals surface area contributed by atoms with Gasteiger partial charge in [-0.1, -0.05) is 33.8 Å². The molecule has 0 aliphatic heterocycles. The molecule has 1 atom stereocenters. The molecule has 0 fully saturated rings. The highest BCUT2D eigenvalue weighted by Gasteiger charge is 2.26. The van der Waals surface area contributed by atoms with E-state index in [1.54, 1.807) is 6.92 Å². The van der Waals surface area contributed by atoms with Crippen molar-refractivity contribution in [2.75, 3.05) is 0 Å². The predicted molar refractivity (Wildman–Crippen MR) is 70.6 cm³/mol. The van der Waals surface area contributed by atoms with Gasteiger partial charge in [-0.3, -0.25) is 20.4 Å². The molecule has 0 aromatic heterocycles. The quantitative estimate of drug-likeness (QED) is 0.807. The van der Waals surface area contributed by atoms with E-state index in [9.17, 15) is 14.0 Å². The van der Waals surface area contributed by atoms with Crippen molar-refractivity contribution in [3.8, 4) is 0 Å². The van der Waals surface area contributed by atoms with Crippen molar-refractivity contribution in [3.05, 3.63) is 35.6 Å². The SMILES string of the molecule is CC(C(=O)NNC(=O)c1cccc(F)c1)C(C)(C)C. The van der Waals surface area contributed by atoms with Gasteiger partial charge < -0.3 is 0 Å². The van der Waals surface area contributed by atoms with E-state index in [4.69, 9.17) is 0 Å². The Kier molecular flexibility index (Phi) is 4.64. The van der Waals surface area contributed by atoms with Crippen LogP contribution in [0.4, 0.5) is 4.39 Å². The predicted octanol–water partition coefficient (Wildman–Crippen LogP) is 2.27. The monoisotopic (exact) mass is 266 g/mol. The molecule has 0 bridgehead atoms. The van der Waals surface area contributed by atoms with Gasteiger partial charge in [0.05, 0.1) is 0 Å². The van der Waals surface area contributed by atoms with Crippen LogP contribution in [0.3, 0.4) is 0 Å². The average molecular weight is 266 g/mol. The van der Waals surface area contributed by atoms with Gasteiger partial charge in [0.25, 0.3) is 5.91 Å². The molecule has 0 aliphatic rings. The van der Waals surface area contributed by atoms with Crippen LogP contribution in [0, 0.1) is 17.2 Å². The Balaban J connectivity index is 2.58. The van der Waals surface area contributed by atoms with Crippen LogP contribution in [0.5, 0.6) is 0 Å². The lowest BCUT2D eigenvalue weighted by molar-refractivity contribution is -0.128. The Morgan fingerprint density at radius 2 is 1.84 bits per heavy atom. The second kappa shape index (κ2) is 5.82. The first-order chi connectivity index (χ1) is 8.71. The average Bonchev–Trinajstić information content (AvgIpc) is 2.33. The smallest absolute Gasteiger partial charge is 0.269 e. The summed E-state index contributed by atoms with van der Waals surface area (Å²) in [7, 11) is 0. The van der Waals surface area contributed by atoms with Crippen molar-refractivity contribution in [1.82, 2.24) is 10.9 Å². The molecule has 0 saturated carbocycles. The fourth-order valence-corrected chi connectivity index (χ4v) is 1.32. The lowest BCUT2D eigenvalue weighted by Gasteiger charge is -2.26. The van der Waals surface area contributed by atoms with Crippen LogP contribution in [-0.2, 0) is 4.79 Å². The molecule has 0 heterocycles. The maximum atomic E-state index is 12.9. The number of carbonyl (C=O) groups excluding carboxylic acids is 2. The van der Waals surface area contributed by atoms with E-state index >= 15 is 0 Å². The minimum atomic E-state index is -0.547. The summed E-state index contributed by atoms with van der Waals surface area (Å²) in [6, 6.07) is 5.26. The number of benzene rings is 1. The molecule has 5 heteroatoms. The van der Waals surface area contributed by atoms with Crippen LogP contribution in [0.15, 0.2) is 24.3 Å². The van der Waals surface area contributed by atoms with Crippen molar-refractivity contribution in [1.29, 1.82) is 0 Å². The topological polar surface area (TPSA) is 58.2 Å². The number of halogens is 1. The maximum absolute atomic E-state index is 12.9. The van der Waals surface area contributed by atoms with Gasteiger partial charge in [0.2, 0.25) is 5.91 Å². The highest BCUT2D eigenvalue weighted by molar-refractivity contribution is 5.95. The van der Waals surface area contributed by atoms with Gasteiger partial charge in [-0.15, -0.1) is 0 Å². The summed E-state index contributed by atoms with van der Waals surface area (Å²) in [4.78, 5) is 23.5. The Labute approximate surface area is 112 Å². The Morgan fingerprint density at radius 1 is 1.21 bits per heavy atom. The van der Waals surface area contributed by atoms with Crippen molar-refractivity contribution < 1.29 is 14.0 Å². The van der Waals surface area contributed by atoms with Crippen LogP contribution in [0.1, 0.15) is 38.1 Å². The third-order valence-corrected chi connectivity index (χ3v) is 3.08. The zero-order chi connectivity index (χ0) is 14.6. The van der Waals surface area contributed by atoms with E-state index in [0.29, 0.717) is 0 Å². The molecule has 1 aromatic carbocycles. The van der Waals surface area contributed by atoms with Crippen LogP contribution in [-0.4, -0.2) is 11.8 Å². The van der Waals surface area contributed by atoms with Crippen molar-refractivity contribution in [3.63, 3.8) is 0 Å². The Morgan fingerprint density at radius 3 is 2.37 bits per heavy atom. The maximum Gasteiger partial charge on any atom is 0.269 e. The minimum absolute atomic E-state index is 0.156. The zero-order valence-electron chi connectivity index (χ0n) is 11.6. The molecule has 0 saturated heterocycles. The Bertz CT molecular complexity index is 481. The molecule has 2 N–H and O–H groups in total. The molecule has 4 nitrogen and oxygen atoms in total. The van der Waals surface area contributed by atoms with Crippen molar-refractivity contribution in [2.24, 2.45) is 11.3 Å². The van der Waals surface area contributed by atoms with Gasteiger partial charge in [0.15, 0.2) is 0 Å². The summed E-state index contributed by atoms with van der Waals surface area (Å²) >= 11 is 0. The van der Waals surface area contributed by atoms with Crippen molar-refractivity contribution >= 4 is 11.8 Å². The van der Waals surface area contributed by atoms with E-state index in [0.717, 1.165) is 6.07 Å². The number of rotatable bonds is 2. The molecule has 1 aromatic rings. The van der Waals surface area contributed by atoms with Gasteiger partial charge in [-0.2, -0.15) is 0 Å². The fraction of sp³-hybridized carbons (Fsp3) is 0.429. The van der Waals surface area contributed by atoms with E-state index < -0.39 is 11.7 Å². The molecule has 19 heavy (non-hydrogen) atoms. The molecule has 2 amide bonds. The first-order valence-corrected chi connectivity index (χ1v) is 6.07. The van der Waals surface area contributed by atoms with Crippen LogP contribution >= 0.6 is 0 Å². The van der Waals surface area contributed by atoms with Crippen LogP contribution in [0.25, 0.3) is 0 Å². The second-order valence-electron chi connectivity index (χ2n) is 5.54. The summed E-state index contributed by atoms with van der Waals surface area (Å²) in [5.74, 6) is -1.59. The minimum Gasteiger partial charge on any atom is -0.273 e. The van der Waals surface area contributed by atoms with Gasteiger partial charge in [-0.05, 0) is 23.6 Å². The summed E-state index contributed by atoms with van der Waals surface area (Å²) in [5.41, 5.74) is 4.58. The number of amides is 2. The summed E-state index contributed by atoms with van der Waals surface area (Å²) in [6.07, 6.45) is 0. The molecular weight excluding hydrogens is 247 g/mol.